The van der Waals surface area contributed by atoms with Gasteiger partial charge in [-0.3, -0.25) is 14.5 Å². The fourth-order valence-corrected chi connectivity index (χ4v) is 4.48. The fraction of sp³-hybridized carbons (Fsp3) is 0.292. The summed E-state index contributed by atoms with van der Waals surface area (Å²) in [6.07, 6.45) is 0.896. The number of amides is 1. The molecule has 2 heterocycles. The van der Waals surface area contributed by atoms with E-state index in [0.29, 0.717) is 29.8 Å². The molecule has 1 aliphatic heterocycles. The molecule has 0 atom stereocenters. The summed E-state index contributed by atoms with van der Waals surface area (Å²) in [5, 5.41) is 4.08. The number of carbonyl (C=O) groups is 2. The second kappa shape index (κ2) is 7.54. The Morgan fingerprint density at radius 3 is 2.60 bits per heavy atom. The Bertz CT molecular complexity index is 1130. The number of benzene rings is 2. The molecular formula is C24H23N3O3. The van der Waals surface area contributed by atoms with Crippen LogP contribution >= 0.6 is 0 Å². The van der Waals surface area contributed by atoms with E-state index in [9.17, 15) is 9.59 Å². The van der Waals surface area contributed by atoms with E-state index >= 15 is 0 Å². The maximum atomic E-state index is 13.5. The van der Waals surface area contributed by atoms with Gasteiger partial charge >= 0.3 is 0 Å². The number of ketones is 1. The third-order valence-corrected chi connectivity index (χ3v) is 5.92. The number of fused-ring (bicyclic) bond motifs is 3. The van der Waals surface area contributed by atoms with Gasteiger partial charge in [-0.2, -0.15) is 0 Å². The molecule has 6 nitrogen and oxygen atoms in total. The van der Waals surface area contributed by atoms with E-state index < -0.39 is 0 Å². The Morgan fingerprint density at radius 2 is 1.80 bits per heavy atom. The quantitative estimate of drug-likeness (QED) is 0.525. The minimum atomic E-state index is -0.00418. The molecule has 1 saturated heterocycles. The molecular weight excluding hydrogens is 378 g/mol. The smallest absolute Gasteiger partial charge is 0.254 e. The van der Waals surface area contributed by atoms with Crippen LogP contribution in [-0.2, 0) is 6.54 Å². The predicted octanol–water partition coefficient (Wildman–Crippen LogP) is 3.54. The van der Waals surface area contributed by atoms with Gasteiger partial charge in [0.15, 0.2) is 5.78 Å². The molecule has 0 bridgehead atoms. The van der Waals surface area contributed by atoms with Gasteiger partial charge in [0.25, 0.3) is 5.91 Å². The van der Waals surface area contributed by atoms with Crippen molar-refractivity contribution < 1.29 is 14.1 Å². The summed E-state index contributed by atoms with van der Waals surface area (Å²) in [7, 11) is 0. The van der Waals surface area contributed by atoms with Crippen molar-refractivity contribution in [2.24, 2.45) is 0 Å². The highest BCUT2D eigenvalue weighted by molar-refractivity contribution is 6.24. The van der Waals surface area contributed by atoms with E-state index in [-0.39, 0.29) is 11.7 Å². The van der Waals surface area contributed by atoms with Crippen molar-refractivity contribution in [3.05, 3.63) is 76.7 Å². The maximum absolute atomic E-state index is 13.5. The summed E-state index contributed by atoms with van der Waals surface area (Å²) in [5.41, 5.74) is 4.48. The molecule has 0 saturated carbocycles. The second-order valence-electron chi connectivity index (χ2n) is 7.95. The van der Waals surface area contributed by atoms with Crippen molar-refractivity contribution in [3.63, 3.8) is 0 Å². The van der Waals surface area contributed by atoms with Crippen LogP contribution in [0.25, 0.3) is 11.1 Å². The van der Waals surface area contributed by atoms with E-state index in [0.717, 1.165) is 48.6 Å². The van der Waals surface area contributed by atoms with Crippen LogP contribution < -0.4 is 0 Å². The number of rotatable bonds is 3. The third kappa shape index (κ3) is 3.23. The van der Waals surface area contributed by atoms with Crippen LogP contribution in [0.3, 0.4) is 0 Å². The predicted molar refractivity (Wildman–Crippen MR) is 112 cm³/mol. The van der Waals surface area contributed by atoms with Gasteiger partial charge in [-0.15, -0.1) is 0 Å². The first-order chi connectivity index (χ1) is 14.6. The van der Waals surface area contributed by atoms with E-state index in [4.69, 9.17) is 4.52 Å². The molecule has 1 aromatic heterocycles. The summed E-state index contributed by atoms with van der Waals surface area (Å²) in [4.78, 5) is 30.4. The average molecular weight is 401 g/mol. The van der Waals surface area contributed by atoms with Gasteiger partial charge in [0, 0.05) is 61.0 Å². The lowest BCUT2D eigenvalue weighted by atomic mass is 9.98. The average Bonchev–Trinajstić information content (AvgIpc) is 3.20. The van der Waals surface area contributed by atoms with Crippen molar-refractivity contribution >= 4 is 11.7 Å². The number of aryl methyl sites for hydroxylation is 1. The molecule has 2 aromatic carbocycles. The Labute approximate surface area is 175 Å². The number of carbonyl (C=O) groups excluding carboxylic acids is 2. The van der Waals surface area contributed by atoms with Crippen molar-refractivity contribution in [2.45, 2.75) is 19.9 Å². The topological polar surface area (TPSA) is 66.7 Å². The monoisotopic (exact) mass is 401 g/mol. The van der Waals surface area contributed by atoms with Crippen LogP contribution in [0.15, 0.2) is 53.1 Å². The standard InChI is InChI=1S/C24H23N3O3/c1-16-14-17(25-30-16)15-26-10-5-11-27(13-12-26)24(29)21-9-4-8-20-22(21)18-6-2-3-7-19(18)23(20)28/h2-4,6-9,14H,5,10-13,15H2,1H3. The van der Waals surface area contributed by atoms with Crippen LogP contribution in [0.2, 0.25) is 0 Å². The van der Waals surface area contributed by atoms with E-state index in [1.54, 1.807) is 0 Å². The molecule has 0 radical (unpaired) electrons. The Morgan fingerprint density at radius 1 is 1.00 bits per heavy atom. The molecule has 0 N–H and O–H groups in total. The fourth-order valence-electron chi connectivity index (χ4n) is 4.48. The minimum absolute atomic E-state index is 0.000182. The van der Waals surface area contributed by atoms with E-state index in [2.05, 4.69) is 10.1 Å². The first-order valence-corrected chi connectivity index (χ1v) is 10.3. The summed E-state index contributed by atoms with van der Waals surface area (Å²) in [6, 6.07) is 15.0. The summed E-state index contributed by atoms with van der Waals surface area (Å²) in [5.74, 6) is 0.806. The molecule has 1 amide bonds. The molecule has 3 aromatic rings. The van der Waals surface area contributed by atoms with E-state index in [1.807, 2.05) is 60.4 Å². The number of hydrogen-bond acceptors (Lipinski definition) is 5. The maximum Gasteiger partial charge on any atom is 0.254 e. The Kier molecular flexibility index (Phi) is 4.71. The van der Waals surface area contributed by atoms with Gasteiger partial charge in [0.1, 0.15) is 5.76 Å². The Balaban J connectivity index is 1.37. The first-order valence-electron chi connectivity index (χ1n) is 10.3. The number of hydrogen-bond donors (Lipinski definition) is 0. The van der Waals surface area contributed by atoms with Crippen LogP contribution in [0.1, 0.15) is 44.2 Å². The largest absolute Gasteiger partial charge is 0.361 e. The summed E-state index contributed by atoms with van der Waals surface area (Å²) < 4.78 is 5.17. The van der Waals surface area contributed by atoms with Gasteiger partial charge < -0.3 is 9.42 Å². The molecule has 152 valence electrons. The van der Waals surface area contributed by atoms with Crippen LogP contribution in [0.5, 0.6) is 0 Å². The Hall–Kier alpha value is -3.25. The zero-order valence-electron chi connectivity index (χ0n) is 16.9. The second-order valence-corrected chi connectivity index (χ2v) is 7.95. The molecule has 6 heteroatoms. The summed E-state index contributed by atoms with van der Waals surface area (Å²) >= 11 is 0. The van der Waals surface area contributed by atoms with Crippen LogP contribution in [0, 0.1) is 6.92 Å². The van der Waals surface area contributed by atoms with Gasteiger partial charge in [-0.05, 0) is 25.0 Å². The molecule has 1 fully saturated rings. The molecule has 2 aliphatic rings. The molecule has 1 aliphatic carbocycles. The van der Waals surface area contributed by atoms with Crippen molar-refractivity contribution in [2.75, 3.05) is 26.2 Å². The number of aromatic nitrogens is 1. The zero-order valence-corrected chi connectivity index (χ0v) is 16.9. The van der Waals surface area contributed by atoms with Gasteiger partial charge in [-0.1, -0.05) is 41.6 Å². The first kappa shape index (κ1) is 18.8. The lowest BCUT2D eigenvalue weighted by Crippen LogP contribution is -2.35. The van der Waals surface area contributed by atoms with Gasteiger partial charge in [0.05, 0.1) is 5.69 Å². The molecule has 5 rings (SSSR count). The van der Waals surface area contributed by atoms with Gasteiger partial charge in [-0.25, -0.2) is 0 Å². The van der Waals surface area contributed by atoms with E-state index in [1.165, 1.54) is 0 Å². The van der Waals surface area contributed by atoms with Crippen molar-refractivity contribution in [1.82, 2.24) is 15.0 Å². The molecule has 30 heavy (non-hydrogen) atoms. The van der Waals surface area contributed by atoms with Crippen LogP contribution in [-0.4, -0.2) is 52.8 Å². The summed E-state index contributed by atoms with van der Waals surface area (Å²) in [6.45, 7) is 5.65. The third-order valence-electron chi connectivity index (χ3n) is 5.92. The highest BCUT2D eigenvalue weighted by Gasteiger charge is 2.32. The highest BCUT2D eigenvalue weighted by atomic mass is 16.5. The van der Waals surface area contributed by atoms with Gasteiger partial charge in [0.2, 0.25) is 0 Å². The lowest BCUT2D eigenvalue weighted by Gasteiger charge is -2.22. The number of nitrogens with zero attached hydrogens (tertiary/aromatic N) is 3. The van der Waals surface area contributed by atoms with Crippen molar-refractivity contribution in [1.29, 1.82) is 0 Å². The minimum Gasteiger partial charge on any atom is -0.361 e. The highest BCUT2D eigenvalue weighted by Crippen LogP contribution is 2.39. The zero-order chi connectivity index (χ0) is 20.7. The van der Waals surface area contributed by atoms with Crippen LogP contribution in [0.4, 0.5) is 0 Å². The lowest BCUT2D eigenvalue weighted by molar-refractivity contribution is 0.0761. The SMILES string of the molecule is Cc1cc(CN2CCCN(C(=O)c3cccc4c3-c3ccccc3C4=O)CC2)no1. The van der Waals surface area contributed by atoms with Crippen molar-refractivity contribution in [3.8, 4) is 11.1 Å². The molecule has 0 unspecified atom stereocenters. The normalized spacial score (nSPS) is 16.3. The molecule has 0 spiro atoms.